The minimum Gasteiger partial charge on any atom is -0.308 e. The third kappa shape index (κ3) is 5.54. The lowest BCUT2D eigenvalue weighted by atomic mass is 10.1. The normalized spacial score (nSPS) is 10.6. The fourth-order valence-corrected chi connectivity index (χ4v) is 7.05. The van der Waals surface area contributed by atoms with Crippen LogP contribution in [-0.4, -0.2) is 0 Å². The van der Waals surface area contributed by atoms with Crippen LogP contribution >= 0.6 is 7.14 Å². The van der Waals surface area contributed by atoms with Crippen molar-refractivity contribution in [2.75, 3.05) is 0 Å². The summed E-state index contributed by atoms with van der Waals surface area (Å²) in [6, 6.07) is 45.5. The number of benzene rings is 5. The number of aryl methyl sites for hydroxylation is 1. The van der Waals surface area contributed by atoms with Gasteiger partial charge < -0.3 is 4.57 Å². The second-order valence-electron chi connectivity index (χ2n) is 8.99. The van der Waals surface area contributed by atoms with Crippen molar-refractivity contribution in [3.8, 4) is 11.8 Å². The SMILES string of the molecule is Cc1ccc(C#Cc2ccccc2C=C=C(c2ccccc2)P(=O)(c2ccccc2)c2ccccc2)cc1. The predicted molar refractivity (Wildman–Crippen MR) is 161 cm³/mol. The Morgan fingerprint density at radius 3 is 1.74 bits per heavy atom. The molecule has 1 nitrogen and oxygen atoms in total. The summed E-state index contributed by atoms with van der Waals surface area (Å²) in [5.74, 6) is 6.59. The first kappa shape index (κ1) is 25.1. The molecule has 0 bridgehead atoms. The van der Waals surface area contributed by atoms with Crippen LogP contribution in [0.3, 0.4) is 0 Å². The average Bonchev–Trinajstić information content (AvgIpc) is 2.99. The van der Waals surface area contributed by atoms with Crippen molar-refractivity contribution >= 4 is 29.1 Å². The summed E-state index contributed by atoms with van der Waals surface area (Å²) in [6.45, 7) is 2.07. The Labute approximate surface area is 225 Å². The van der Waals surface area contributed by atoms with Crippen molar-refractivity contribution in [3.63, 3.8) is 0 Å². The van der Waals surface area contributed by atoms with Gasteiger partial charge in [-0.2, -0.15) is 0 Å². The Morgan fingerprint density at radius 1 is 0.605 bits per heavy atom. The molecule has 0 saturated heterocycles. The fourth-order valence-electron chi connectivity index (χ4n) is 4.29. The molecule has 5 rings (SSSR count). The highest BCUT2D eigenvalue weighted by atomic mass is 31.2. The zero-order valence-corrected chi connectivity index (χ0v) is 22.1. The van der Waals surface area contributed by atoms with E-state index in [1.165, 1.54) is 5.56 Å². The van der Waals surface area contributed by atoms with Crippen LogP contribution < -0.4 is 10.6 Å². The zero-order valence-electron chi connectivity index (χ0n) is 21.2. The molecule has 0 aliphatic rings. The summed E-state index contributed by atoms with van der Waals surface area (Å²) in [6.07, 6.45) is 1.92. The smallest absolute Gasteiger partial charge is 0.179 e. The van der Waals surface area contributed by atoms with Crippen LogP contribution in [0.1, 0.15) is 27.8 Å². The van der Waals surface area contributed by atoms with Gasteiger partial charge in [0.1, 0.15) is 0 Å². The van der Waals surface area contributed by atoms with E-state index in [4.69, 9.17) is 0 Å². The highest BCUT2D eigenvalue weighted by Gasteiger charge is 2.32. The molecule has 5 aromatic rings. The van der Waals surface area contributed by atoms with Crippen LogP contribution in [0.5, 0.6) is 0 Å². The van der Waals surface area contributed by atoms with Crippen molar-refractivity contribution in [1.82, 2.24) is 0 Å². The molecule has 0 aromatic heterocycles. The first-order valence-electron chi connectivity index (χ1n) is 12.6. The molecule has 0 N–H and O–H groups in total. The summed E-state index contributed by atoms with van der Waals surface area (Å²) in [4.78, 5) is 0. The largest absolute Gasteiger partial charge is 0.308 e. The zero-order chi connectivity index (χ0) is 26.2. The maximum Gasteiger partial charge on any atom is 0.179 e. The lowest BCUT2D eigenvalue weighted by molar-refractivity contribution is 0.593. The van der Waals surface area contributed by atoms with E-state index in [1.54, 1.807) is 0 Å². The van der Waals surface area contributed by atoms with E-state index in [0.29, 0.717) is 5.31 Å². The quantitative estimate of drug-likeness (QED) is 0.134. The van der Waals surface area contributed by atoms with Gasteiger partial charge in [0.2, 0.25) is 0 Å². The van der Waals surface area contributed by atoms with Gasteiger partial charge in [-0.15, -0.1) is 5.73 Å². The van der Waals surface area contributed by atoms with Crippen molar-refractivity contribution in [2.45, 2.75) is 6.92 Å². The van der Waals surface area contributed by atoms with Crippen molar-refractivity contribution < 1.29 is 4.57 Å². The van der Waals surface area contributed by atoms with E-state index in [0.717, 1.165) is 32.9 Å². The predicted octanol–water partition coefficient (Wildman–Crippen LogP) is 8.06. The van der Waals surface area contributed by atoms with E-state index >= 15 is 4.57 Å². The van der Waals surface area contributed by atoms with Gasteiger partial charge in [0.05, 0.1) is 5.31 Å². The van der Waals surface area contributed by atoms with Gasteiger partial charge in [0.15, 0.2) is 7.14 Å². The highest BCUT2D eigenvalue weighted by molar-refractivity contribution is 7.87. The summed E-state index contributed by atoms with van der Waals surface area (Å²) in [7, 11) is -3.24. The Morgan fingerprint density at radius 2 is 1.13 bits per heavy atom. The van der Waals surface area contributed by atoms with Crippen LogP contribution in [0.4, 0.5) is 0 Å². The molecule has 182 valence electrons. The minimum absolute atomic E-state index is 0.664. The van der Waals surface area contributed by atoms with E-state index < -0.39 is 7.14 Å². The van der Waals surface area contributed by atoms with Gasteiger partial charge in [-0.3, -0.25) is 0 Å². The van der Waals surface area contributed by atoms with Gasteiger partial charge in [0, 0.05) is 21.7 Å². The lowest BCUT2D eigenvalue weighted by Gasteiger charge is -2.21. The molecule has 2 heteroatoms. The van der Waals surface area contributed by atoms with Crippen molar-refractivity contribution in [3.05, 3.63) is 173 Å². The molecule has 0 atom stereocenters. The highest BCUT2D eigenvalue weighted by Crippen LogP contribution is 2.56. The van der Waals surface area contributed by atoms with E-state index in [1.807, 2.05) is 133 Å². The Bertz CT molecular complexity index is 1660. The van der Waals surface area contributed by atoms with E-state index in [-0.39, 0.29) is 0 Å². The van der Waals surface area contributed by atoms with Gasteiger partial charge in [-0.25, -0.2) is 0 Å². The number of rotatable bonds is 5. The molecule has 0 heterocycles. The molecule has 5 aromatic carbocycles. The maximum atomic E-state index is 15.2. The van der Waals surface area contributed by atoms with Crippen LogP contribution in [0, 0.1) is 18.8 Å². The summed E-state index contributed by atoms with van der Waals surface area (Å²) in [5.41, 5.74) is 8.36. The molecule has 0 amide bonds. The maximum absolute atomic E-state index is 15.2. The van der Waals surface area contributed by atoms with Gasteiger partial charge in [-0.05, 0) is 42.3 Å². The molecule has 0 fully saturated rings. The fraction of sp³-hybridized carbons (Fsp3) is 0.0278. The lowest BCUT2D eigenvalue weighted by Crippen LogP contribution is -2.16. The topological polar surface area (TPSA) is 17.1 Å². The third-order valence-corrected chi connectivity index (χ3v) is 9.39. The molecule has 0 saturated carbocycles. The van der Waals surface area contributed by atoms with E-state index in [2.05, 4.69) is 36.6 Å². The molecule has 38 heavy (non-hydrogen) atoms. The van der Waals surface area contributed by atoms with Gasteiger partial charge >= 0.3 is 0 Å². The minimum atomic E-state index is -3.24. The monoisotopic (exact) mass is 506 g/mol. The number of hydrogen-bond donors (Lipinski definition) is 0. The van der Waals surface area contributed by atoms with E-state index in [9.17, 15) is 0 Å². The summed E-state index contributed by atoms with van der Waals surface area (Å²) < 4.78 is 15.2. The van der Waals surface area contributed by atoms with Gasteiger partial charge in [0.25, 0.3) is 0 Å². The average molecular weight is 507 g/mol. The van der Waals surface area contributed by atoms with Crippen LogP contribution in [0.15, 0.2) is 145 Å². The number of hydrogen-bond acceptors (Lipinski definition) is 1. The molecular weight excluding hydrogens is 479 g/mol. The molecule has 0 spiro atoms. The Kier molecular flexibility index (Phi) is 7.68. The van der Waals surface area contributed by atoms with Crippen LogP contribution in [0.25, 0.3) is 11.4 Å². The third-order valence-electron chi connectivity index (χ3n) is 6.32. The van der Waals surface area contributed by atoms with Gasteiger partial charge in [-0.1, -0.05) is 139 Å². The second kappa shape index (κ2) is 11.6. The Hall–Kier alpha value is -4.59. The van der Waals surface area contributed by atoms with Crippen molar-refractivity contribution in [2.24, 2.45) is 0 Å². The molecule has 0 aliphatic carbocycles. The second-order valence-corrected chi connectivity index (χ2v) is 11.7. The summed E-state index contributed by atoms with van der Waals surface area (Å²) in [5, 5.41) is 2.22. The summed E-state index contributed by atoms with van der Waals surface area (Å²) >= 11 is 0. The Balaban J connectivity index is 1.71. The van der Waals surface area contributed by atoms with Crippen LogP contribution in [-0.2, 0) is 4.57 Å². The molecule has 0 aliphatic heterocycles. The van der Waals surface area contributed by atoms with Crippen molar-refractivity contribution in [1.29, 1.82) is 0 Å². The molecule has 0 unspecified atom stereocenters. The molecular formula is C36H27OP. The first-order chi connectivity index (χ1) is 18.6. The van der Waals surface area contributed by atoms with Crippen LogP contribution in [0.2, 0.25) is 0 Å². The standard InChI is InChI=1S/C36H27OP/c1-29-21-23-30(24-22-29)25-26-31-13-11-12-14-32(31)27-28-36(33-15-5-2-6-16-33)38(37,34-17-7-3-8-18-34)35-19-9-4-10-20-35/h2-24,27H,1H3. The molecule has 0 radical (unpaired) electrons. The first-order valence-corrected chi connectivity index (χ1v) is 14.3.